The lowest BCUT2D eigenvalue weighted by molar-refractivity contribution is 0.0695. The molecule has 0 spiro atoms. The topological polar surface area (TPSA) is 71.4 Å². The first-order valence-electron chi connectivity index (χ1n) is 6.09. The van der Waals surface area contributed by atoms with Gasteiger partial charge in [-0.25, -0.2) is 13.2 Å². The third-order valence-corrected chi connectivity index (χ3v) is 5.63. The van der Waals surface area contributed by atoms with Gasteiger partial charge in [-0.2, -0.15) is 11.8 Å². The Balaban J connectivity index is 3.07. The van der Waals surface area contributed by atoms with Crippen LogP contribution in [-0.4, -0.2) is 36.8 Å². The number of aryl methyl sites for hydroxylation is 1. The second-order valence-electron chi connectivity index (χ2n) is 3.99. The highest BCUT2D eigenvalue weighted by Crippen LogP contribution is 2.19. The van der Waals surface area contributed by atoms with Gasteiger partial charge in [-0.15, -0.1) is 0 Å². The van der Waals surface area contributed by atoms with E-state index in [1.807, 2.05) is 13.8 Å². The van der Waals surface area contributed by atoms with Gasteiger partial charge >= 0.3 is 5.97 Å². The van der Waals surface area contributed by atoms with Crippen molar-refractivity contribution in [3.05, 3.63) is 29.3 Å². The molecule has 6 heteroatoms. The van der Waals surface area contributed by atoms with Crippen LogP contribution in [0.5, 0.6) is 0 Å². The Morgan fingerprint density at radius 2 is 2.00 bits per heavy atom. The van der Waals surface area contributed by atoms with Gasteiger partial charge in [0.2, 0.25) is 0 Å². The van der Waals surface area contributed by atoms with E-state index in [2.05, 4.69) is 0 Å². The van der Waals surface area contributed by atoms with E-state index in [1.165, 1.54) is 12.1 Å². The number of hydrogen-bond acceptors (Lipinski definition) is 4. The maximum atomic E-state index is 12.1. The second-order valence-corrected chi connectivity index (χ2v) is 7.50. The van der Waals surface area contributed by atoms with E-state index in [1.54, 1.807) is 17.8 Å². The highest BCUT2D eigenvalue weighted by atomic mass is 32.2. The smallest absolute Gasteiger partial charge is 0.336 e. The number of sulfone groups is 1. The molecule has 1 rings (SSSR count). The van der Waals surface area contributed by atoms with Crippen LogP contribution in [0.4, 0.5) is 0 Å². The Morgan fingerprint density at radius 1 is 1.32 bits per heavy atom. The summed E-state index contributed by atoms with van der Waals surface area (Å²) in [7, 11) is -3.40. The van der Waals surface area contributed by atoms with Gasteiger partial charge in [0.05, 0.1) is 16.2 Å². The van der Waals surface area contributed by atoms with Crippen LogP contribution in [0.3, 0.4) is 0 Å². The lowest BCUT2D eigenvalue weighted by atomic mass is 10.1. The second kappa shape index (κ2) is 6.96. The normalized spacial score (nSPS) is 11.5. The SMILES string of the molecule is CCSCCS(=O)(=O)c1ccc(CC)c(C(=O)O)c1. The Morgan fingerprint density at radius 3 is 2.53 bits per heavy atom. The largest absolute Gasteiger partial charge is 0.478 e. The predicted octanol–water partition coefficient (Wildman–Crippen LogP) is 2.47. The number of benzene rings is 1. The number of carboxylic acid groups (broad SMARTS) is 1. The van der Waals surface area contributed by atoms with Crippen LogP contribution in [0.15, 0.2) is 23.1 Å². The van der Waals surface area contributed by atoms with Gasteiger partial charge in [0, 0.05) is 5.75 Å². The molecule has 0 bridgehead atoms. The molecular weight excluding hydrogens is 284 g/mol. The summed E-state index contributed by atoms with van der Waals surface area (Å²) in [6.45, 7) is 3.81. The lowest BCUT2D eigenvalue weighted by Gasteiger charge is -2.08. The first kappa shape index (κ1) is 16.0. The zero-order valence-corrected chi connectivity index (χ0v) is 12.7. The third kappa shape index (κ3) is 4.24. The average molecular weight is 302 g/mol. The molecule has 1 N–H and O–H groups in total. The summed E-state index contributed by atoms with van der Waals surface area (Å²) >= 11 is 1.55. The highest BCUT2D eigenvalue weighted by Gasteiger charge is 2.18. The molecule has 4 nitrogen and oxygen atoms in total. The molecule has 0 saturated heterocycles. The molecule has 0 fully saturated rings. The maximum Gasteiger partial charge on any atom is 0.336 e. The van der Waals surface area contributed by atoms with Gasteiger partial charge in [0.1, 0.15) is 0 Å². The predicted molar refractivity (Wildman–Crippen MR) is 77.8 cm³/mol. The van der Waals surface area contributed by atoms with E-state index < -0.39 is 15.8 Å². The number of thioether (sulfide) groups is 1. The summed E-state index contributed by atoms with van der Waals surface area (Å²) in [5.41, 5.74) is 0.723. The van der Waals surface area contributed by atoms with Crippen LogP contribution in [0, 0.1) is 0 Å². The fourth-order valence-corrected chi connectivity index (χ4v) is 4.13. The summed E-state index contributed by atoms with van der Waals surface area (Å²) in [6.07, 6.45) is 0.563. The summed E-state index contributed by atoms with van der Waals surface area (Å²) in [4.78, 5) is 11.2. The Labute approximate surface area is 118 Å². The third-order valence-electron chi connectivity index (χ3n) is 2.75. The van der Waals surface area contributed by atoms with Gasteiger partial charge in [0.15, 0.2) is 9.84 Å². The van der Waals surface area contributed by atoms with Crippen molar-refractivity contribution in [3.63, 3.8) is 0 Å². The van der Waals surface area contributed by atoms with Crippen molar-refractivity contribution in [1.29, 1.82) is 0 Å². The standard InChI is InChI=1S/C13H18O4S2/c1-3-10-5-6-11(9-12(10)13(14)15)19(16,17)8-7-18-4-2/h5-6,9H,3-4,7-8H2,1-2H3,(H,14,15). The quantitative estimate of drug-likeness (QED) is 0.783. The molecule has 0 aliphatic heterocycles. The van der Waals surface area contributed by atoms with Gasteiger partial charge in [0.25, 0.3) is 0 Å². The minimum absolute atomic E-state index is 0.0377. The Kier molecular flexibility index (Phi) is 5.87. The molecule has 0 heterocycles. The van der Waals surface area contributed by atoms with Gasteiger partial charge < -0.3 is 5.11 Å². The summed E-state index contributed by atoms with van der Waals surface area (Å²) < 4.78 is 24.2. The van der Waals surface area contributed by atoms with E-state index in [9.17, 15) is 13.2 Å². The molecule has 1 aromatic carbocycles. The lowest BCUT2D eigenvalue weighted by Crippen LogP contribution is -2.11. The molecule has 0 aromatic heterocycles. The van der Waals surface area contributed by atoms with E-state index in [4.69, 9.17) is 5.11 Å². The molecule has 0 amide bonds. The van der Waals surface area contributed by atoms with Crippen molar-refractivity contribution in [2.24, 2.45) is 0 Å². The van der Waals surface area contributed by atoms with Gasteiger partial charge in [-0.3, -0.25) is 0 Å². The van der Waals surface area contributed by atoms with Crippen molar-refractivity contribution in [2.75, 3.05) is 17.3 Å². The molecule has 0 saturated carbocycles. The first-order valence-corrected chi connectivity index (χ1v) is 8.89. The van der Waals surface area contributed by atoms with Crippen LogP contribution in [-0.2, 0) is 16.3 Å². The van der Waals surface area contributed by atoms with Gasteiger partial charge in [-0.1, -0.05) is 19.9 Å². The van der Waals surface area contributed by atoms with Crippen LogP contribution < -0.4 is 0 Å². The van der Waals surface area contributed by atoms with E-state index in [-0.39, 0.29) is 16.2 Å². The van der Waals surface area contributed by atoms with Crippen LogP contribution >= 0.6 is 11.8 Å². The number of hydrogen-bond donors (Lipinski definition) is 1. The molecule has 0 atom stereocenters. The fourth-order valence-electron chi connectivity index (χ4n) is 1.69. The van der Waals surface area contributed by atoms with Crippen molar-refractivity contribution in [3.8, 4) is 0 Å². The molecule has 0 radical (unpaired) electrons. The molecule has 19 heavy (non-hydrogen) atoms. The van der Waals surface area contributed by atoms with E-state index in [0.717, 1.165) is 5.75 Å². The van der Waals surface area contributed by atoms with E-state index >= 15 is 0 Å². The molecule has 1 aromatic rings. The van der Waals surface area contributed by atoms with Crippen molar-refractivity contribution in [2.45, 2.75) is 25.2 Å². The average Bonchev–Trinajstić information content (AvgIpc) is 2.38. The molecular formula is C13H18O4S2. The Bertz CT molecular complexity index is 550. The summed E-state index contributed by atoms with van der Waals surface area (Å²) in [5.74, 6) is 0.342. The zero-order valence-electron chi connectivity index (χ0n) is 11.0. The number of rotatable bonds is 7. The zero-order chi connectivity index (χ0) is 14.5. The molecule has 0 aliphatic carbocycles. The minimum Gasteiger partial charge on any atom is -0.478 e. The Hall–Kier alpha value is -1.01. The monoisotopic (exact) mass is 302 g/mol. The number of carboxylic acids is 1. The highest BCUT2D eigenvalue weighted by molar-refractivity contribution is 8.00. The molecule has 0 aliphatic rings. The first-order chi connectivity index (χ1) is 8.92. The van der Waals surface area contributed by atoms with Gasteiger partial charge in [-0.05, 0) is 29.9 Å². The molecule has 0 unspecified atom stereocenters. The van der Waals surface area contributed by atoms with Crippen molar-refractivity contribution >= 4 is 27.6 Å². The van der Waals surface area contributed by atoms with Crippen molar-refractivity contribution in [1.82, 2.24) is 0 Å². The van der Waals surface area contributed by atoms with Crippen molar-refractivity contribution < 1.29 is 18.3 Å². The fraction of sp³-hybridized carbons (Fsp3) is 0.462. The minimum atomic E-state index is -3.40. The molecule has 106 valence electrons. The van der Waals surface area contributed by atoms with Crippen LogP contribution in [0.25, 0.3) is 0 Å². The maximum absolute atomic E-state index is 12.1. The summed E-state index contributed by atoms with van der Waals surface area (Å²) in [6, 6.07) is 4.35. The number of carbonyl (C=O) groups is 1. The summed E-state index contributed by atoms with van der Waals surface area (Å²) in [5, 5.41) is 9.10. The van der Waals surface area contributed by atoms with E-state index in [0.29, 0.717) is 17.7 Å². The number of aromatic carboxylic acids is 1. The van der Waals surface area contributed by atoms with Crippen LogP contribution in [0.1, 0.15) is 29.8 Å². The van der Waals surface area contributed by atoms with Crippen LogP contribution in [0.2, 0.25) is 0 Å².